The van der Waals surface area contributed by atoms with Crippen LogP contribution in [0.3, 0.4) is 0 Å². The lowest BCUT2D eigenvalue weighted by atomic mass is 9.74. The van der Waals surface area contributed by atoms with Crippen molar-refractivity contribution in [2.24, 2.45) is 0 Å². The van der Waals surface area contributed by atoms with Crippen LogP contribution in [0.5, 0.6) is 0 Å². The fraction of sp³-hybridized carbons (Fsp3) is 0.826. The Morgan fingerprint density at radius 3 is 1.58 bits per heavy atom. The highest BCUT2D eigenvalue weighted by Crippen LogP contribution is 2.44. The average Bonchev–Trinajstić information content (AvgIpc) is 3.09. The van der Waals surface area contributed by atoms with Crippen molar-refractivity contribution in [1.82, 2.24) is 24.6 Å². The Balaban J connectivity index is 1.98. The minimum Gasteiger partial charge on any atom is -0.784 e. The van der Waals surface area contributed by atoms with Gasteiger partial charge in [0.1, 0.15) is 6.54 Å². The summed E-state index contributed by atoms with van der Waals surface area (Å²) in [5, 5.41) is 28.3. The van der Waals surface area contributed by atoms with Crippen molar-refractivity contribution in [2.45, 2.75) is 122 Å². The van der Waals surface area contributed by atoms with Gasteiger partial charge < -0.3 is 30.0 Å². The van der Waals surface area contributed by atoms with Crippen LogP contribution in [-0.2, 0) is 11.3 Å². The Kier molecular flexibility index (Phi) is 6.10. The number of piperidine rings is 2. The molecule has 2 aliphatic heterocycles. The zero-order valence-electron chi connectivity index (χ0n) is 20.4. The van der Waals surface area contributed by atoms with Gasteiger partial charge >= 0.3 is 0 Å². The molecule has 8 nitrogen and oxygen atoms in total. The van der Waals surface area contributed by atoms with E-state index in [-0.39, 0.29) is 24.5 Å². The molecule has 0 radical (unpaired) electrons. The number of imidazole rings is 1. The summed E-state index contributed by atoms with van der Waals surface area (Å²) >= 11 is 0. The number of carbonyl (C=O) groups is 1. The summed E-state index contributed by atoms with van der Waals surface area (Å²) in [6.45, 7) is 15.9. The summed E-state index contributed by atoms with van der Waals surface area (Å²) in [6, 6.07) is -0.137. The molecule has 1 amide bonds. The first-order chi connectivity index (χ1) is 14.1. The Labute approximate surface area is 186 Å². The maximum Gasteiger partial charge on any atom is 0.243 e. The van der Waals surface area contributed by atoms with Gasteiger partial charge in [0, 0.05) is 46.6 Å². The molecule has 1 aromatic rings. The van der Waals surface area contributed by atoms with Gasteiger partial charge in [0.2, 0.25) is 5.91 Å². The number of hydroxylamine groups is 4. The molecular weight excluding hydrogens is 394 g/mol. The molecular formula is C23H39N5O3-2. The first-order valence-electron chi connectivity index (χ1n) is 11.3. The van der Waals surface area contributed by atoms with Crippen LogP contribution in [0.15, 0.2) is 18.7 Å². The minimum atomic E-state index is -0.579. The maximum absolute atomic E-state index is 13.7. The third kappa shape index (κ3) is 4.67. The van der Waals surface area contributed by atoms with Crippen molar-refractivity contribution < 1.29 is 4.79 Å². The highest BCUT2D eigenvalue weighted by Gasteiger charge is 2.48. The van der Waals surface area contributed by atoms with Crippen molar-refractivity contribution in [3.63, 3.8) is 0 Å². The van der Waals surface area contributed by atoms with Crippen molar-refractivity contribution in [3.05, 3.63) is 29.1 Å². The number of amides is 1. The molecule has 176 valence electrons. The van der Waals surface area contributed by atoms with Gasteiger partial charge in [-0.3, -0.25) is 4.79 Å². The zero-order valence-corrected chi connectivity index (χ0v) is 20.4. The maximum atomic E-state index is 13.7. The number of hydrogen-bond donors (Lipinski definition) is 0. The lowest BCUT2D eigenvalue weighted by molar-refractivity contribution is -0.147. The molecule has 31 heavy (non-hydrogen) atoms. The molecule has 2 aliphatic rings. The summed E-state index contributed by atoms with van der Waals surface area (Å²) in [4.78, 5) is 19.8. The van der Waals surface area contributed by atoms with Gasteiger partial charge in [0.05, 0.1) is 6.33 Å². The van der Waals surface area contributed by atoms with Gasteiger partial charge in [-0.2, -0.15) is 0 Å². The molecule has 8 heteroatoms. The van der Waals surface area contributed by atoms with E-state index in [2.05, 4.69) is 4.98 Å². The minimum absolute atomic E-state index is 0.0184. The molecule has 3 heterocycles. The van der Waals surface area contributed by atoms with Gasteiger partial charge in [-0.05, 0) is 81.1 Å². The molecule has 0 N–H and O–H groups in total. The van der Waals surface area contributed by atoms with Crippen LogP contribution in [-0.4, -0.2) is 64.7 Å². The van der Waals surface area contributed by atoms with Crippen LogP contribution in [0.4, 0.5) is 0 Å². The van der Waals surface area contributed by atoms with Crippen LogP contribution >= 0.6 is 0 Å². The second-order valence-electron chi connectivity index (χ2n) is 12.0. The van der Waals surface area contributed by atoms with Gasteiger partial charge in [0.15, 0.2) is 0 Å². The van der Waals surface area contributed by atoms with Crippen molar-refractivity contribution in [1.29, 1.82) is 0 Å². The fourth-order valence-corrected chi connectivity index (χ4v) is 6.14. The Morgan fingerprint density at radius 1 is 0.871 bits per heavy atom. The number of hydrogen-bond acceptors (Lipinski definition) is 6. The third-order valence-corrected chi connectivity index (χ3v) is 7.09. The smallest absolute Gasteiger partial charge is 0.243 e. The fourth-order valence-electron chi connectivity index (χ4n) is 6.14. The molecule has 0 bridgehead atoms. The summed E-state index contributed by atoms with van der Waals surface area (Å²) in [5.74, 6) is 0.0184. The monoisotopic (exact) mass is 433 g/mol. The molecule has 1 aromatic heterocycles. The third-order valence-electron chi connectivity index (χ3n) is 7.09. The van der Waals surface area contributed by atoms with E-state index >= 15 is 0 Å². The second kappa shape index (κ2) is 7.83. The number of carbonyl (C=O) groups excluding carboxylic acids is 1. The quantitative estimate of drug-likeness (QED) is 0.718. The SMILES string of the molecule is CC1(C)CC(N(C(=O)Cn2ccnc2)C2CC(C)(C)N([O-])C(C)(C)C2)CC(C)(C)N1[O-]. The zero-order chi connectivity index (χ0) is 23.4. The van der Waals surface area contributed by atoms with Crippen LogP contribution in [0.25, 0.3) is 0 Å². The number of nitrogens with zero attached hydrogens (tertiary/aromatic N) is 5. The van der Waals surface area contributed by atoms with Gasteiger partial charge in [-0.25, -0.2) is 4.98 Å². The Morgan fingerprint density at radius 2 is 1.26 bits per heavy atom. The van der Waals surface area contributed by atoms with Gasteiger partial charge in [-0.15, -0.1) is 0 Å². The average molecular weight is 434 g/mol. The van der Waals surface area contributed by atoms with Crippen LogP contribution < -0.4 is 0 Å². The molecule has 0 aliphatic carbocycles. The molecule has 0 saturated carbocycles. The predicted octanol–water partition coefficient (Wildman–Crippen LogP) is 3.75. The van der Waals surface area contributed by atoms with Crippen LogP contribution in [0.1, 0.15) is 81.1 Å². The second-order valence-corrected chi connectivity index (χ2v) is 12.0. The molecule has 2 fully saturated rings. The van der Waals surface area contributed by atoms with E-state index < -0.39 is 22.2 Å². The van der Waals surface area contributed by atoms with E-state index in [0.29, 0.717) is 25.7 Å². The Bertz CT molecular complexity index is 709. The van der Waals surface area contributed by atoms with Crippen molar-refractivity contribution >= 4 is 5.91 Å². The first kappa shape index (κ1) is 24.2. The normalized spacial score (nSPS) is 26.6. The van der Waals surface area contributed by atoms with E-state index in [4.69, 9.17) is 0 Å². The van der Waals surface area contributed by atoms with Crippen LogP contribution in [0.2, 0.25) is 0 Å². The van der Waals surface area contributed by atoms with Crippen LogP contribution in [0, 0.1) is 10.4 Å². The Hall–Kier alpha value is -1.48. The van der Waals surface area contributed by atoms with Crippen molar-refractivity contribution in [3.8, 4) is 0 Å². The van der Waals surface area contributed by atoms with E-state index in [9.17, 15) is 15.2 Å². The molecule has 2 saturated heterocycles. The topological polar surface area (TPSA) is 90.7 Å². The lowest BCUT2D eigenvalue weighted by Crippen LogP contribution is -2.67. The highest BCUT2D eigenvalue weighted by molar-refractivity contribution is 5.77. The number of rotatable bonds is 4. The largest absolute Gasteiger partial charge is 0.784 e. The predicted molar refractivity (Wildman–Crippen MR) is 122 cm³/mol. The summed E-state index contributed by atoms with van der Waals surface area (Å²) in [5.41, 5.74) is -2.32. The molecule has 0 spiro atoms. The van der Waals surface area contributed by atoms with E-state index in [1.807, 2.05) is 60.3 Å². The number of aromatic nitrogens is 2. The molecule has 0 aromatic carbocycles. The molecule has 3 rings (SSSR count). The van der Waals surface area contributed by atoms with Gasteiger partial charge in [-0.1, -0.05) is 0 Å². The van der Waals surface area contributed by atoms with E-state index in [0.717, 1.165) is 0 Å². The summed E-state index contributed by atoms with van der Waals surface area (Å²) in [6.07, 6.45) is 7.53. The standard InChI is InChI=1S/C23H39N5O3/c1-20(2)11-17(12-21(3,4)27(20)30)26(19(29)15-25-10-9-24-16-25)18-13-22(5,6)28(31)23(7,8)14-18/h9-10,16-18H,11-15H2,1-8H3/q-2. The van der Waals surface area contributed by atoms with Gasteiger partial charge in [0.25, 0.3) is 0 Å². The first-order valence-corrected chi connectivity index (χ1v) is 11.3. The van der Waals surface area contributed by atoms with E-state index in [1.165, 1.54) is 10.1 Å². The summed E-state index contributed by atoms with van der Waals surface area (Å²) < 4.78 is 1.79. The molecule has 0 unspecified atom stereocenters. The lowest BCUT2D eigenvalue weighted by Gasteiger charge is -2.64. The molecule has 0 atom stereocenters. The summed E-state index contributed by atoms with van der Waals surface area (Å²) in [7, 11) is 0. The van der Waals surface area contributed by atoms with Crippen molar-refractivity contribution in [2.75, 3.05) is 0 Å². The highest BCUT2D eigenvalue weighted by atomic mass is 16.5. The van der Waals surface area contributed by atoms with E-state index in [1.54, 1.807) is 23.3 Å².